The number of benzene rings is 1. The van der Waals surface area contributed by atoms with Crippen molar-refractivity contribution < 1.29 is 27.1 Å². The van der Waals surface area contributed by atoms with Crippen LogP contribution in [0.1, 0.15) is 30.4 Å². The maximum Gasteiger partial charge on any atom is 0.416 e. The summed E-state index contributed by atoms with van der Waals surface area (Å²) in [6.45, 7) is 1.06. The van der Waals surface area contributed by atoms with Gasteiger partial charge in [-0.15, -0.1) is 0 Å². The van der Waals surface area contributed by atoms with E-state index in [0.717, 1.165) is 12.1 Å². The van der Waals surface area contributed by atoms with Crippen molar-refractivity contribution in [2.45, 2.75) is 31.1 Å². The number of alkyl halides is 4. The van der Waals surface area contributed by atoms with E-state index in [0.29, 0.717) is 26.1 Å². The molecule has 132 valence electrons. The quantitative estimate of drug-likeness (QED) is 0.768. The molecule has 3 nitrogen and oxygen atoms in total. The van der Waals surface area contributed by atoms with Crippen molar-refractivity contribution in [3.63, 3.8) is 0 Å². The predicted molar refractivity (Wildman–Crippen MR) is 79.0 cm³/mol. The maximum absolute atomic E-state index is 15.2. The van der Waals surface area contributed by atoms with Gasteiger partial charge in [0.15, 0.2) is 5.67 Å². The van der Waals surface area contributed by atoms with Gasteiger partial charge in [-0.25, -0.2) is 4.39 Å². The number of hydrogen-bond donors (Lipinski definition) is 0. The summed E-state index contributed by atoms with van der Waals surface area (Å²) in [4.78, 5) is 13.9. The highest BCUT2D eigenvalue weighted by molar-refractivity contribution is 5.79. The molecule has 0 saturated carbocycles. The predicted octanol–water partition coefficient (Wildman–Crippen LogP) is 3.53. The molecule has 7 heteroatoms. The summed E-state index contributed by atoms with van der Waals surface area (Å²) in [5.74, 6) is -0.299. The average Bonchev–Trinajstić information content (AvgIpc) is 2.98. The fourth-order valence-corrected chi connectivity index (χ4v) is 3.37. The third-order valence-electron chi connectivity index (χ3n) is 4.81. The SMILES string of the molecule is O=C(C1CCOCC1)N1CC[C@@](F)(c2cccc(C(F)(F)F)c2)C1. The second kappa shape index (κ2) is 6.35. The molecule has 2 aliphatic heterocycles. The lowest BCUT2D eigenvalue weighted by molar-refractivity contribution is -0.139. The Labute approximate surface area is 137 Å². The Morgan fingerprint density at radius 3 is 2.62 bits per heavy atom. The first-order chi connectivity index (χ1) is 11.3. The van der Waals surface area contributed by atoms with Gasteiger partial charge in [0.2, 0.25) is 5.91 Å². The van der Waals surface area contributed by atoms with Crippen LogP contribution in [0.15, 0.2) is 24.3 Å². The fraction of sp³-hybridized carbons (Fsp3) is 0.588. The normalized spacial score (nSPS) is 25.9. The number of halogens is 4. The Morgan fingerprint density at radius 2 is 1.96 bits per heavy atom. The molecular weight excluding hydrogens is 326 g/mol. The molecule has 1 amide bonds. The van der Waals surface area contributed by atoms with Crippen molar-refractivity contribution in [2.75, 3.05) is 26.3 Å². The van der Waals surface area contributed by atoms with E-state index >= 15 is 4.39 Å². The maximum atomic E-state index is 15.2. The number of amides is 1. The molecule has 1 aromatic rings. The summed E-state index contributed by atoms with van der Waals surface area (Å²) in [6.07, 6.45) is -3.28. The smallest absolute Gasteiger partial charge is 0.381 e. The zero-order chi connectivity index (χ0) is 17.4. The van der Waals surface area contributed by atoms with Crippen molar-refractivity contribution in [1.82, 2.24) is 4.90 Å². The van der Waals surface area contributed by atoms with Crippen LogP contribution >= 0.6 is 0 Å². The van der Waals surface area contributed by atoms with Gasteiger partial charge in [-0.1, -0.05) is 12.1 Å². The van der Waals surface area contributed by atoms with Crippen molar-refractivity contribution in [3.8, 4) is 0 Å². The second-order valence-electron chi connectivity index (χ2n) is 6.44. The number of nitrogens with zero attached hydrogens (tertiary/aromatic N) is 1. The van der Waals surface area contributed by atoms with Crippen molar-refractivity contribution in [3.05, 3.63) is 35.4 Å². The number of rotatable bonds is 2. The van der Waals surface area contributed by atoms with Crippen molar-refractivity contribution >= 4 is 5.91 Å². The zero-order valence-electron chi connectivity index (χ0n) is 13.1. The van der Waals surface area contributed by atoms with Crippen LogP contribution in [-0.4, -0.2) is 37.1 Å². The van der Waals surface area contributed by atoms with Crippen LogP contribution < -0.4 is 0 Å². The Morgan fingerprint density at radius 1 is 1.25 bits per heavy atom. The van der Waals surface area contributed by atoms with E-state index in [2.05, 4.69) is 0 Å². The van der Waals surface area contributed by atoms with Crippen LogP contribution in [-0.2, 0) is 21.4 Å². The minimum atomic E-state index is -4.51. The van der Waals surface area contributed by atoms with Gasteiger partial charge in [0.25, 0.3) is 0 Å². The van der Waals surface area contributed by atoms with E-state index in [-0.39, 0.29) is 36.9 Å². The highest BCUT2D eigenvalue weighted by Crippen LogP contribution is 2.39. The molecule has 2 fully saturated rings. The number of likely N-dealkylation sites (tertiary alicyclic amines) is 1. The molecule has 1 aromatic carbocycles. The van der Waals surface area contributed by atoms with E-state index < -0.39 is 17.4 Å². The van der Waals surface area contributed by atoms with Crippen LogP contribution in [0.5, 0.6) is 0 Å². The minimum Gasteiger partial charge on any atom is -0.381 e. The fourth-order valence-electron chi connectivity index (χ4n) is 3.37. The average molecular weight is 345 g/mol. The first kappa shape index (κ1) is 17.2. The van der Waals surface area contributed by atoms with Gasteiger partial charge in [0, 0.05) is 32.1 Å². The first-order valence-electron chi connectivity index (χ1n) is 8.03. The molecule has 2 heterocycles. The topological polar surface area (TPSA) is 29.5 Å². The monoisotopic (exact) mass is 345 g/mol. The van der Waals surface area contributed by atoms with Gasteiger partial charge >= 0.3 is 6.18 Å². The molecule has 3 rings (SSSR count). The van der Waals surface area contributed by atoms with Gasteiger partial charge in [0.05, 0.1) is 12.1 Å². The lowest BCUT2D eigenvalue weighted by atomic mass is 9.93. The molecule has 24 heavy (non-hydrogen) atoms. The molecule has 0 radical (unpaired) electrons. The molecule has 1 atom stereocenters. The Kier molecular flexibility index (Phi) is 4.55. The standard InChI is InChI=1S/C17H19F4NO2/c18-16(13-2-1-3-14(10-13)17(19,20)21)6-7-22(11-16)15(23)12-4-8-24-9-5-12/h1-3,10,12H,4-9,11H2/t16-/m0/s1. The summed E-state index contributed by atoms with van der Waals surface area (Å²) in [6, 6.07) is 4.34. The highest BCUT2D eigenvalue weighted by atomic mass is 19.4. The molecule has 0 unspecified atom stereocenters. The van der Waals surface area contributed by atoms with Gasteiger partial charge in [-0.05, 0) is 30.5 Å². The number of carbonyl (C=O) groups excluding carboxylic acids is 1. The minimum absolute atomic E-state index is 0.0143. The first-order valence-corrected chi connectivity index (χ1v) is 8.03. The molecule has 2 saturated heterocycles. The molecule has 0 aliphatic carbocycles. The molecule has 0 aromatic heterocycles. The Balaban J connectivity index is 1.74. The van der Waals surface area contributed by atoms with E-state index in [1.807, 2.05) is 0 Å². The van der Waals surface area contributed by atoms with Crippen LogP contribution in [0.25, 0.3) is 0 Å². The lowest BCUT2D eigenvalue weighted by Gasteiger charge is -2.27. The third kappa shape index (κ3) is 3.41. The number of carbonyl (C=O) groups is 1. The van der Waals surface area contributed by atoms with Crippen LogP contribution in [0.2, 0.25) is 0 Å². The van der Waals surface area contributed by atoms with Crippen molar-refractivity contribution in [2.24, 2.45) is 5.92 Å². The Bertz CT molecular complexity index is 613. The van der Waals surface area contributed by atoms with Gasteiger partial charge < -0.3 is 9.64 Å². The highest BCUT2D eigenvalue weighted by Gasteiger charge is 2.44. The summed E-state index contributed by atoms with van der Waals surface area (Å²) in [5, 5.41) is 0. The molecule has 0 bridgehead atoms. The van der Waals surface area contributed by atoms with Crippen LogP contribution in [0, 0.1) is 5.92 Å². The van der Waals surface area contributed by atoms with E-state index in [4.69, 9.17) is 4.74 Å². The van der Waals surface area contributed by atoms with Gasteiger partial charge in [0.1, 0.15) is 0 Å². The largest absolute Gasteiger partial charge is 0.416 e. The second-order valence-corrected chi connectivity index (χ2v) is 6.44. The Hall–Kier alpha value is -1.63. The van der Waals surface area contributed by atoms with E-state index in [1.165, 1.54) is 17.0 Å². The van der Waals surface area contributed by atoms with Crippen LogP contribution in [0.3, 0.4) is 0 Å². The molecule has 0 spiro atoms. The summed E-state index contributed by atoms with van der Waals surface area (Å²) >= 11 is 0. The lowest BCUT2D eigenvalue weighted by Crippen LogP contribution is -2.38. The van der Waals surface area contributed by atoms with Crippen LogP contribution in [0.4, 0.5) is 17.6 Å². The van der Waals surface area contributed by atoms with Gasteiger partial charge in [-0.2, -0.15) is 13.2 Å². The summed E-state index contributed by atoms with van der Waals surface area (Å²) in [5.41, 5.74) is -2.81. The zero-order valence-corrected chi connectivity index (χ0v) is 13.1. The molecule has 0 N–H and O–H groups in total. The third-order valence-corrected chi connectivity index (χ3v) is 4.81. The molecular formula is C17H19F4NO2. The molecule has 2 aliphatic rings. The van der Waals surface area contributed by atoms with Gasteiger partial charge in [-0.3, -0.25) is 4.79 Å². The number of ether oxygens (including phenoxy) is 1. The van der Waals surface area contributed by atoms with E-state index in [1.54, 1.807) is 0 Å². The van der Waals surface area contributed by atoms with Crippen molar-refractivity contribution in [1.29, 1.82) is 0 Å². The van der Waals surface area contributed by atoms with E-state index in [9.17, 15) is 18.0 Å². The summed E-state index contributed by atoms with van der Waals surface area (Å²) < 4.78 is 58.9. The summed E-state index contributed by atoms with van der Waals surface area (Å²) in [7, 11) is 0. The number of hydrogen-bond acceptors (Lipinski definition) is 2.